The van der Waals surface area contributed by atoms with Crippen molar-refractivity contribution >= 4 is 28.1 Å². The first-order valence-electron chi connectivity index (χ1n) is 9.59. The van der Waals surface area contributed by atoms with Crippen LogP contribution in [-0.2, 0) is 12.8 Å². The molecule has 4 rings (SSSR count). The van der Waals surface area contributed by atoms with E-state index < -0.39 is 0 Å². The van der Waals surface area contributed by atoms with Gasteiger partial charge in [-0.2, -0.15) is 0 Å². The van der Waals surface area contributed by atoms with Crippen LogP contribution in [0, 0.1) is 5.41 Å². The number of guanidine groups is 1. The fourth-order valence-electron chi connectivity index (χ4n) is 3.86. The molecule has 0 bridgehead atoms. The number of nitrogens with one attached hydrogen (secondary N) is 1. The lowest BCUT2D eigenvalue weighted by atomic mass is 10.0. The zero-order chi connectivity index (χ0) is 18.8. The van der Waals surface area contributed by atoms with E-state index in [2.05, 4.69) is 37.3 Å². The Hall–Kier alpha value is -3.01. The average Bonchev–Trinajstić information content (AvgIpc) is 3.10. The number of ether oxygens (including phenoxy) is 1. The maximum absolute atomic E-state index is 8.19. The second-order valence-corrected chi connectivity index (χ2v) is 7.00. The lowest BCUT2D eigenvalue weighted by Crippen LogP contribution is -2.32. The third-order valence-corrected chi connectivity index (χ3v) is 5.20. The summed E-state index contributed by atoms with van der Waals surface area (Å²) < 4.78 is 5.75. The second kappa shape index (κ2) is 7.31. The van der Waals surface area contributed by atoms with Gasteiger partial charge in [-0.15, -0.1) is 0 Å². The molecule has 3 N–H and O–H groups in total. The molecule has 0 aliphatic heterocycles. The van der Waals surface area contributed by atoms with Gasteiger partial charge in [0.15, 0.2) is 5.96 Å². The fraction of sp³-hybridized carbons (Fsp3) is 0.261. The highest BCUT2D eigenvalue weighted by Gasteiger charge is 2.20. The molecule has 0 atom stereocenters. The Bertz CT molecular complexity index is 969. The van der Waals surface area contributed by atoms with Crippen LogP contribution in [-0.4, -0.2) is 12.6 Å². The standard InChI is InChI=1S/C23H25N3O/c1-2-3-15-27-19-12-10-18(11-13-19)26(23(24)25)21-14-9-17-8-7-16-5-4-6-20(21)22(16)17/h4-6,9-14H,2-3,7-8,15H2,1H3,(H3,24,25). The van der Waals surface area contributed by atoms with Crippen molar-refractivity contribution in [3.8, 4) is 5.75 Å². The maximum atomic E-state index is 8.19. The van der Waals surface area contributed by atoms with Gasteiger partial charge < -0.3 is 10.5 Å². The molecule has 3 aromatic carbocycles. The van der Waals surface area contributed by atoms with Crippen LogP contribution in [0.5, 0.6) is 5.75 Å². The smallest absolute Gasteiger partial charge is 0.197 e. The molecule has 0 fully saturated rings. The molecule has 1 aliphatic rings. The maximum Gasteiger partial charge on any atom is 0.197 e. The molecule has 0 unspecified atom stereocenters. The number of rotatable bonds is 6. The van der Waals surface area contributed by atoms with Crippen LogP contribution < -0.4 is 15.4 Å². The van der Waals surface area contributed by atoms with Crippen LogP contribution in [0.1, 0.15) is 30.9 Å². The number of aryl methyl sites for hydroxylation is 2. The molecule has 1 aliphatic carbocycles. The largest absolute Gasteiger partial charge is 0.494 e. The molecule has 0 saturated carbocycles. The summed E-state index contributed by atoms with van der Waals surface area (Å²) in [6.07, 6.45) is 4.32. The molecule has 3 aromatic rings. The number of benzene rings is 3. The molecule has 0 amide bonds. The van der Waals surface area contributed by atoms with Crippen molar-refractivity contribution in [2.75, 3.05) is 11.5 Å². The van der Waals surface area contributed by atoms with Crippen molar-refractivity contribution < 1.29 is 4.74 Å². The van der Waals surface area contributed by atoms with Crippen molar-refractivity contribution in [3.05, 3.63) is 65.7 Å². The molecular formula is C23H25N3O. The van der Waals surface area contributed by atoms with Crippen LogP contribution in [0.2, 0.25) is 0 Å². The van der Waals surface area contributed by atoms with Gasteiger partial charge in [-0.1, -0.05) is 37.6 Å². The molecule has 0 radical (unpaired) electrons. The van der Waals surface area contributed by atoms with Gasteiger partial charge in [-0.3, -0.25) is 10.3 Å². The Balaban J connectivity index is 1.72. The van der Waals surface area contributed by atoms with E-state index in [0.29, 0.717) is 0 Å². The first kappa shape index (κ1) is 17.4. The second-order valence-electron chi connectivity index (χ2n) is 7.00. The Kier molecular flexibility index (Phi) is 4.71. The topological polar surface area (TPSA) is 62.3 Å². The predicted octanol–water partition coefficient (Wildman–Crippen LogP) is 5.15. The Morgan fingerprint density at radius 3 is 2.48 bits per heavy atom. The van der Waals surface area contributed by atoms with E-state index in [-0.39, 0.29) is 5.96 Å². The van der Waals surface area contributed by atoms with Crippen molar-refractivity contribution in [3.63, 3.8) is 0 Å². The minimum atomic E-state index is 0.00773. The van der Waals surface area contributed by atoms with Crippen LogP contribution in [0.3, 0.4) is 0 Å². The molecule has 0 saturated heterocycles. The minimum absolute atomic E-state index is 0.00773. The normalized spacial score (nSPS) is 12.3. The Morgan fingerprint density at radius 2 is 1.78 bits per heavy atom. The van der Waals surface area contributed by atoms with Gasteiger partial charge >= 0.3 is 0 Å². The van der Waals surface area contributed by atoms with E-state index in [9.17, 15) is 0 Å². The van der Waals surface area contributed by atoms with Crippen LogP contribution in [0.4, 0.5) is 11.4 Å². The van der Waals surface area contributed by atoms with Crippen molar-refractivity contribution in [2.24, 2.45) is 5.73 Å². The average molecular weight is 359 g/mol. The highest BCUT2D eigenvalue weighted by atomic mass is 16.5. The summed E-state index contributed by atoms with van der Waals surface area (Å²) in [5.41, 5.74) is 10.6. The fourth-order valence-corrected chi connectivity index (χ4v) is 3.86. The van der Waals surface area contributed by atoms with Gasteiger partial charge in [0.2, 0.25) is 0 Å². The van der Waals surface area contributed by atoms with Crippen LogP contribution in [0.15, 0.2) is 54.6 Å². The SMILES string of the molecule is CCCCOc1ccc(N(C(=N)N)c2ccc3c4c(cccc24)CC3)cc1. The first-order valence-corrected chi connectivity index (χ1v) is 9.59. The quantitative estimate of drug-likeness (QED) is 0.363. The predicted molar refractivity (Wildman–Crippen MR) is 112 cm³/mol. The van der Waals surface area contributed by atoms with E-state index in [1.165, 1.54) is 16.5 Å². The molecule has 4 nitrogen and oxygen atoms in total. The number of nitrogens with two attached hydrogens (primary N) is 1. The van der Waals surface area contributed by atoms with Gasteiger partial charge in [0.25, 0.3) is 0 Å². The summed E-state index contributed by atoms with van der Waals surface area (Å²) in [4.78, 5) is 1.80. The highest BCUT2D eigenvalue weighted by molar-refractivity contribution is 6.09. The zero-order valence-corrected chi connectivity index (χ0v) is 15.7. The van der Waals surface area contributed by atoms with Crippen molar-refractivity contribution in [1.82, 2.24) is 0 Å². The first-order chi connectivity index (χ1) is 13.2. The van der Waals surface area contributed by atoms with E-state index in [0.717, 1.165) is 54.8 Å². The molecule has 4 heteroatoms. The minimum Gasteiger partial charge on any atom is -0.494 e. The van der Waals surface area contributed by atoms with Gasteiger partial charge in [0, 0.05) is 11.1 Å². The van der Waals surface area contributed by atoms with Crippen LogP contribution >= 0.6 is 0 Å². The molecular weight excluding hydrogens is 334 g/mol. The summed E-state index contributed by atoms with van der Waals surface area (Å²) in [5, 5.41) is 10.7. The van der Waals surface area contributed by atoms with E-state index in [1.807, 2.05) is 24.3 Å². The molecule has 0 aromatic heterocycles. The summed E-state index contributed by atoms with van der Waals surface area (Å²) in [5.74, 6) is 0.851. The van der Waals surface area contributed by atoms with E-state index in [4.69, 9.17) is 15.9 Å². The Labute approximate surface area is 160 Å². The number of hydrogen-bond acceptors (Lipinski definition) is 2. The molecule has 0 spiro atoms. The zero-order valence-electron chi connectivity index (χ0n) is 15.7. The summed E-state index contributed by atoms with van der Waals surface area (Å²) in [7, 11) is 0. The summed E-state index contributed by atoms with van der Waals surface area (Å²) in [6.45, 7) is 2.87. The Morgan fingerprint density at radius 1 is 1.04 bits per heavy atom. The van der Waals surface area contributed by atoms with Crippen molar-refractivity contribution in [1.29, 1.82) is 5.41 Å². The number of unbranched alkanes of at least 4 members (excludes halogenated alkanes) is 1. The van der Waals surface area contributed by atoms with Gasteiger partial charge in [0.1, 0.15) is 5.75 Å². The lowest BCUT2D eigenvalue weighted by Gasteiger charge is -2.25. The number of hydrogen-bond donors (Lipinski definition) is 2. The summed E-state index contributed by atoms with van der Waals surface area (Å²) >= 11 is 0. The number of anilines is 2. The third-order valence-electron chi connectivity index (χ3n) is 5.20. The van der Waals surface area contributed by atoms with E-state index >= 15 is 0 Å². The highest BCUT2D eigenvalue weighted by Crippen LogP contribution is 2.39. The number of nitrogens with zero attached hydrogens (tertiary/aromatic N) is 1. The van der Waals surface area contributed by atoms with E-state index in [1.54, 1.807) is 4.90 Å². The van der Waals surface area contributed by atoms with Gasteiger partial charge in [0.05, 0.1) is 12.3 Å². The molecule has 0 heterocycles. The molecule has 138 valence electrons. The van der Waals surface area contributed by atoms with Gasteiger partial charge in [-0.05, 0) is 66.1 Å². The summed E-state index contributed by atoms with van der Waals surface area (Å²) in [6, 6.07) is 18.5. The van der Waals surface area contributed by atoms with Crippen molar-refractivity contribution in [2.45, 2.75) is 32.6 Å². The third kappa shape index (κ3) is 3.23. The monoisotopic (exact) mass is 359 g/mol. The molecule has 27 heavy (non-hydrogen) atoms. The van der Waals surface area contributed by atoms with Crippen LogP contribution in [0.25, 0.3) is 10.8 Å². The van der Waals surface area contributed by atoms with Gasteiger partial charge in [-0.25, -0.2) is 0 Å². The lowest BCUT2D eigenvalue weighted by molar-refractivity contribution is 0.309.